The van der Waals surface area contributed by atoms with E-state index in [9.17, 15) is 0 Å². The molecule has 4 heteroatoms. The normalized spacial score (nSPS) is 23.1. The van der Waals surface area contributed by atoms with E-state index in [4.69, 9.17) is 0 Å². The predicted octanol–water partition coefficient (Wildman–Crippen LogP) is 3.46. The first-order valence-corrected chi connectivity index (χ1v) is 7.53. The zero-order valence-electron chi connectivity index (χ0n) is 12.4. The Morgan fingerprint density at radius 2 is 1.84 bits per heavy atom. The van der Waals surface area contributed by atoms with Crippen molar-refractivity contribution in [3.05, 3.63) is 11.9 Å². The van der Waals surface area contributed by atoms with Crippen LogP contribution >= 0.6 is 0 Å². The highest BCUT2D eigenvalue weighted by Crippen LogP contribution is 2.26. The van der Waals surface area contributed by atoms with Crippen LogP contribution in [0.2, 0.25) is 0 Å². The first-order chi connectivity index (χ1) is 9.21. The number of hydrogen-bond acceptors (Lipinski definition) is 4. The molecule has 1 aromatic heterocycles. The largest absolute Gasteiger partial charge is 0.373 e. The summed E-state index contributed by atoms with van der Waals surface area (Å²) in [6.45, 7) is 4.50. The third-order valence-corrected chi connectivity index (χ3v) is 3.87. The van der Waals surface area contributed by atoms with E-state index in [1.54, 1.807) is 0 Å². The number of anilines is 2. The highest BCUT2D eigenvalue weighted by molar-refractivity contribution is 5.47. The van der Waals surface area contributed by atoms with Gasteiger partial charge in [0, 0.05) is 25.6 Å². The highest BCUT2D eigenvalue weighted by atomic mass is 15.1. The minimum Gasteiger partial charge on any atom is -0.373 e. The van der Waals surface area contributed by atoms with Gasteiger partial charge in [-0.25, -0.2) is 9.97 Å². The number of aromatic nitrogens is 2. The maximum atomic E-state index is 4.62. The molecule has 1 heterocycles. The van der Waals surface area contributed by atoms with Crippen LogP contribution in [-0.2, 0) is 6.42 Å². The molecular formula is C15H26N4. The summed E-state index contributed by atoms with van der Waals surface area (Å²) in [5, 5.41) is 6.70. The molecule has 0 saturated heterocycles. The van der Waals surface area contributed by atoms with Gasteiger partial charge in [-0.15, -0.1) is 0 Å². The van der Waals surface area contributed by atoms with Crippen LogP contribution in [0.15, 0.2) is 6.07 Å². The lowest BCUT2D eigenvalue weighted by Crippen LogP contribution is -2.26. The Labute approximate surface area is 116 Å². The molecule has 2 N–H and O–H groups in total. The van der Waals surface area contributed by atoms with E-state index < -0.39 is 0 Å². The first-order valence-electron chi connectivity index (χ1n) is 7.53. The number of rotatable bonds is 5. The molecule has 2 rings (SSSR count). The van der Waals surface area contributed by atoms with Crippen LogP contribution in [0.5, 0.6) is 0 Å². The molecular weight excluding hydrogens is 236 g/mol. The quantitative estimate of drug-likeness (QED) is 0.853. The van der Waals surface area contributed by atoms with Gasteiger partial charge in [0.2, 0.25) is 0 Å². The molecule has 4 nitrogen and oxygen atoms in total. The van der Waals surface area contributed by atoms with E-state index in [1.165, 1.54) is 25.7 Å². The van der Waals surface area contributed by atoms with E-state index in [1.807, 2.05) is 13.1 Å². The summed E-state index contributed by atoms with van der Waals surface area (Å²) in [4.78, 5) is 9.11. The van der Waals surface area contributed by atoms with Crippen molar-refractivity contribution in [2.24, 2.45) is 5.92 Å². The lowest BCUT2D eigenvalue weighted by Gasteiger charge is -2.27. The molecule has 1 fully saturated rings. The van der Waals surface area contributed by atoms with Crippen LogP contribution in [-0.4, -0.2) is 23.1 Å². The van der Waals surface area contributed by atoms with Gasteiger partial charge in [0.15, 0.2) is 0 Å². The summed E-state index contributed by atoms with van der Waals surface area (Å²) in [6, 6.07) is 2.59. The smallest absolute Gasteiger partial charge is 0.133 e. The molecule has 1 aromatic rings. The van der Waals surface area contributed by atoms with E-state index in [2.05, 4.69) is 34.4 Å². The van der Waals surface area contributed by atoms with Crippen molar-refractivity contribution in [3.8, 4) is 0 Å². The summed E-state index contributed by atoms with van der Waals surface area (Å²) in [5.41, 5.74) is 0. The number of nitrogens with one attached hydrogen (secondary N) is 2. The Morgan fingerprint density at radius 1 is 1.16 bits per heavy atom. The minimum atomic E-state index is 0.574. The molecule has 1 saturated carbocycles. The van der Waals surface area contributed by atoms with Crippen molar-refractivity contribution >= 4 is 11.6 Å². The molecule has 106 valence electrons. The van der Waals surface area contributed by atoms with Gasteiger partial charge in [-0.05, 0) is 38.0 Å². The molecule has 19 heavy (non-hydrogen) atoms. The number of hydrogen-bond donors (Lipinski definition) is 2. The van der Waals surface area contributed by atoms with Crippen molar-refractivity contribution in [2.45, 2.75) is 58.4 Å². The maximum Gasteiger partial charge on any atom is 0.133 e. The molecule has 0 radical (unpaired) electrons. The van der Waals surface area contributed by atoms with Crippen molar-refractivity contribution in [1.29, 1.82) is 0 Å². The molecule has 0 spiro atoms. The van der Waals surface area contributed by atoms with Crippen LogP contribution < -0.4 is 10.6 Å². The first kappa shape index (κ1) is 14.1. The van der Waals surface area contributed by atoms with Gasteiger partial charge in [-0.2, -0.15) is 0 Å². The van der Waals surface area contributed by atoms with E-state index in [-0.39, 0.29) is 0 Å². The second-order valence-corrected chi connectivity index (χ2v) is 5.66. The monoisotopic (exact) mass is 262 g/mol. The second-order valence-electron chi connectivity index (χ2n) is 5.66. The predicted molar refractivity (Wildman–Crippen MR) is 80.6 cm³/mol. The van der Waals surface area contributed by atoms with Gasteiger partial charge in [0.25, 0.3) is 0 Å². The van der Waals surface area contributed by atoms with Crippen LogP contribution in [0, 0.1) is 5.92 Å². The van der Waals surface area contributed by atoms with Crippen LogP contribution in [0.1, 0.15) is 51.8 Å². The lowest BCUT2D eigenvalue weighted by atomic mass is 9.87. The van der Waals surface area contributed by atoms with Gasteiger partial charge in [-0.1, -0.05) is 13.8 Å². The lowest BCUT2D eigenvalue weighted by molar-refractivity contribution is 0.360. The van der Waals surface area contributed by atoms with Gasteiger partial charge < -0.3 is 10.6 Å². The van der Waals surface area contributed by atoms with Crippen molar-refractivity contribution in [2.75, 3.05) is 17.7 Å². The average molecular weight is 262 g/mol. The standard InChI is InChI=1S/C15H26N4/c1-4-5-13-18-14(16-3)10-15(19-13)17-12-8-6-11(2)7-9-12/h10-12H,4-9H2,1-3H3,(H2,16,17,18,19). The molecule has 0 aliphatic heterocycles. The third-order valence-electron chi connectivity index (χ3n) is 3.87. The molecule has 1 aliphatic carbocycles. The molecule has 0 bridgehead atoms. The Bertz CT molecular complexity index is 397. The maximum absolute atomic E-state index is 4.62. The molecule has 0 amide bonds. The fourth-order valence-electron chi connectivity index (χ4n) is 2.65. The Hall–Kier alpha value is -1.32. The second kappa shape index (κ2) is 6.73. The number of aryl methyl sites for hydroxylation is 1. The summed E-state index contributed by atoms with van der Waals surface area (Å²) >= 11 is 0. The molecule has 0 atom stereocenters. The van der Waals surface area contributed by atoms with Gasteiger partial charge in [0.05, 0.1) is 0 Å². The number of nitrogens with zero attached hydrogens (tertiary/aromatic N) is 2. The molecule has 0 unspecified atom stereocenters. The zero-order valence-corrected chi connectivity index (χ0v) is 12.4. The molecule has 0 aromatic carbocycles. The van der Waals surface area contributed by atoms with Crippen molar-refractivity contribution < 1.29 is 0 Å². The van der Waals surface area contributed by atoms with Crippen molar-refractivity contribution in [3.63, 3.8) is 0 Å². The van der Waals surface area contributed by atoms with Crippen LogP contribution in [0.4, 0.5) is 11.6 Å². The zero-order chi connectivity index (χ0) is 13.7. The fraction of sp³-hybridized carbons (Fsp3) is 0.733. The van der Waals surface area contributed by atoms with Gasteiger partial charge >= 0.3 is 0 Å². The average Bonchev–Trinajstić information content (AvgIpc) is 2.41. The summed E-state index contributed by atoms with van der Waals surface area (Å²) < 4.78 is 0. The Balaban J connectivity index is 2.04. The SMILES string of the molecule is CCCc1nc(NC)cc(NC2CCC(C)CC2)n1. The summed E-state index contributed by atoms with van der Waals surface area (Å²) in [6.07, 6.45) is 7.17. The minimum absolute atomic E-state index is 0.574. The van der Waals surface area contributed by atoms with E-state index >= 15 is 0 Å². The van der Waals surface area contributed by atoms with Crippen molar-refractivity contribution in [1.82, 2.24) is 9.97 Å². The fourth-order valence-corrected chi connectivity index (χ4v) is 2.65. The van der Waals surface area contributed by atoms with Crippen LogP contribution in [0.25, 0.3) is 0 Å². The van der Waals surface area contributed by atoms with E-state index in [0.717, 1.165) is 36.2 Å². The Morgan fingerprint density at radius 3 is 2.47 bits per heavy atom. The van der Waals surface area contributed by atoms with Crippen LogP contribution in [0.3, 0.4) is 0 Å². The van der Waals surface area contributed by atoms with Gasteiger partial charge in [0.1, 0.15) is 17.5 Å². The topological polar surface area (TPSA) is 49.8 Å². The van der Waals surface area contributed by atoms with Gasteiger partial charge in [-0.3, -0.25) is 0 Å². The molecule has 1 aliphatic rings. The van der Waals surface area contributed by atoms with E-state index in [0.29, 0.717) is 6.04 Å². The highest BCUT2D eigenvalue weighted by Gasteiger charge is 2.18. The third kappa shape index (κ3) is 4.08. The summed E-state index contributed by atoms with van der Waals surface area (Å²) in [7, 11) is 1.91. The Kier molecular flexibility index (Phi) is 5.00. The summed E-state index contributed by atoms with van der Waals surface area (Å²) in [5.74, 6) is 3.69.